The van der Waals surface area contributed by atoms with Crippen LogP contribution in [0.1, 0.15) is 18.1 Å². The Hall–Kier alpha value is -2.18. The average molecular weight is 391 g/mol. The Kier molecular flexibility index (Phi) is 6.41. The van der Waals surface area contributed by atoms with E-state index in [1.54, 1.807) is 0 Å². The Balaban J connectivity index is 1.48. The van der Waals surface area contributed by atoms with Crippen molar-refractivity contribution in [3.8, 4) is 11.5 Å². The number of nitrogens with one attached hydrogen (secondary N) is 1. The first-order chi connectivity index (χ1) is 12.6. The molecule has 1 aliphatic rings. The number of benzene rings is 2. The van der Waals surface area contributed by atoms with Crippen LogP contribution in [0.3, 0.4) is 0 Å². The molecule has 2 aromatic rings. The summed E-state index contributed by atoms with van der Waals surface area (Å²) in [7, 11) is 0. The molecular weight excluding hydrogens is 372 g/mol. The number of carbonyl (C=O) groups excluding carboxylic acids is 1. The zero-order valence-corrected chi connectivity index (χ0v) is 15.9. The van der Waals surface area contributed by atoms with Crippen molar-refractivity contribution in [1.29, 1.82) is 0 Å². The van der Waals surface area contributed by atoms with E-state index < -0.39 is 0 Å². The summed E-state index contributed by atoms with van der Waals surface area (Å²) >= 11 is 7.38. The molecule has 0 bridgehead atoms. The molecule has 0 spiro atoms. The predicted octanol–water partition coefficient (Wildman–Crippen LogP) is 3.88. The summed E-state index contributed by atoms with van der Waals surface area (Å²) in [5.74, 6) is 2.38. The zero-order chi connectivity index (χ0) is 18.4. The predicted molar refractivity (Wildman–Crippen MR) is 105 cm³/mol. The van der Waals surface area contributed by atoms with E-state index in [9.17, 15) is 4.79 Å². The van der Waals surface area contributed by atoms with E-state index in [-0.39, 0.29) is 5.91 Å². The van der Waals surface area contributed by atoms with Gasteiger partial charge in [-0.05, 0) is 42.8 Å². The van der Waals surface area contributed by atoms with Gasteiger partial charge in [0.15, 0.2) is 11.5 Å². The Morgan fingerprint density at radius 3 is 2.65 bits per heavy atom. The Labute approximate surface area is 161 Å². The van der Waals surface area contributed by atoms with Crippen molar-refractivity contribution in [3.05, 3.63) is 58.6 Å². The summed E-state index contributed by atoms with van der Waals surface area (Å²) in [6.07, 6.45) is 0. The van der Waals surface area contributed by atoms with Crippen LogP contribution in [-0.2, 0) is 10.5 Å². The maximum Gasteiger partial charge on any atom is 0.250 e. The number of thioether (sulfide) groups is 1. The lowest BCUT2D eigenvalue weighted by Gasteiger charge is -2.18. The van der Waals surface area contributed by atoms with E-state index >= 15 is 0 Å². The number of amides is 1. The molecule has 1 N–H and O–H groups in total. The summed E-state index contributed by atoms with van der Waals surface area (Å²) in [5, 5.41) is 4.88. The molecular formula is C19H19ClN2O3S. The van der Waals surface area contributed by atoms with Crippen LogP contribution in [0, 0.1) is 0 Å². The lowest BCUT2D eigenvalue weighted by Crippen LogP contribution is -2.21. The van der Waals surface area contributed by atoms with Gasteiger partial charge in [0.1, 0.15) is 13.2 Å². The van der Waals surface area contributed by atoms with Gasteiger partial charge in [0.2, 0.25) is 5.91 Å². The van der Waals surface area contributed by atoms with Crippen LogP contribution in [0.5, 0.6) is 11.5 Å². The standard InChI is InChI=1S/C19H19ClN2O3S/c1-13(15-4-7-17-18(10-15)25-9-8-24-17)21-22-19(23)12-26-11-14-2-5-16(20)6-3-14/h2-7,10H,8-9,11-12H2,1H3,(H,22,23)/b21-13-. The molecule has 3 rings (SSSR count). The van der Waals surface area contributed by atoms with Gasteiger partial charge in [-0.2, -0.15) is 5.10 Å². The van der Waals surface area contributed by atoms with Gasteiger partial charge in [0.05, 0.1) is 11.5 Å². The maximum absolute atomic E-state index is 12.0. The molecule has 0 radical (unpaired) electrons. The molecule has 7 heteroatoms. The molecule has 136 valence electrons. The van der Waals surface area contributed by atoms with Crippen molar-refractivity contribution >= 4 is 35.0 Å². The molecule has 1 heterocycles. The monoisotopic (exact) mass is 390 g/mol. The minimum absolute atomic E-state index is 0.138. The van der Waals surface area contributed by atoms with Gasteiger partial charge in [-0.15, -0.1) is 11.8 Å². The minimum Gasteiger partial charge on any atom is -0.486 e. The van der Waals surface area contributed by atoms with Crippen LogP contribution in [0.25, 0.3) is 0 Å². The third-order valence-corrected chi connectivity index (χ3v) is 4.98. The van der Waals surface area contributed by atoms with Crippen LogP contribution in [-0.4, -0.2) is 30.6 Å². The van der Waals surface area contributed by atoms with Gasteiger partial charge in [-0.25, -0.2) is 5.43 Å². The van der Waals surface area contributed by atoms with Crippen molar-refractivity contribution in [1.82, 2.24) is 5.43 Å². The molecule has 0 unspecified atom stereocenters. The topological polar surface area (TPSA) is 59.9 Å². The SMILES string of the molecule is C/C(=N/NC(=O)CSCc1ccc(Cl)cc1)c1ccc2c(c1)OCCO2. The highest BCUT2D eigenvalue weighted by Crippen LogP contribution is 2.30. The lowest BCUT2D eigenvalue weighted by molar-refractivity contribution is -0.118. The van der Waals surface area contributed by atoms with Gasteiger partial charge in [-0.3, -0.25) is 4.79 Å². The quantitative estimate of drug-likeness (QED) is 0.600. The van der Waals surface area contributed by atoms with Gasteiger partial charge in [0, 0.05) is 16.3 Å². The number of rotatable bonds is 6. The first kappa shape index (κ1) is 18.6. The van der Waals surface area contributed by atoms with Gasteiger partial charge < -0.3 is 9.47 Å². The Morgan fingerprint density at radius 1 is 1.15 bits per heavy atom. The molecule has 0 aliphatic carbocycles. The number of ether oxygens (including phenoxy) is 2. The number of fused-ring (bicyclic) bond motifs is 1. The van der Waals surface area contributed by atoms with Crippen molar-refractivity contribution in [3.63, 3.8) is 0 Å². The lowest BCUT2D eigenvalue weighted by atomic mass is 10.1. The Morgan fingerprint density at radius 2 is 1.88 bits per heavy atom. The van der Waals surface area contributed by atoms with Crippen LogP contribution in [0.4, 0.5) is 0 Å². The van der Waals surface area contributed by atoms with Crippen LogP contribution < -0.4 is 14.9 Å². The van der Waals surface area contributed by atoms with Crippen molar-refractivity contribution < 1.29 is 14.3 Å². The summed E-state index contributed by atoms with van der Waals surface area (Å²) in [6.45, 7) is 2.93. The fourth-order valence-electron chi connectivity index (χ4n) is 2.35. The number of hydrogen-bond donors (Lipinski definition) is 1. The second-order valence-corrected chi connectivity index (χ2v) is 7.13. The maximum atomic E-state index is 12.0. The molecule has 0 saturated carbocycles. The van der Waals surface area contributed by atoms with E-state index in [1.165, 1.54) is 11.8 Å². The second-order valence-electron chi connectivity index (χ2n) is 5.71. The van der Waals surface area contributed by atoms with Crippen LogP contribution in [0.2, 0.25) is 5.02 Å². The first-order valence-electron chi connectivity index (χ1n) is 8.17. The third-order valence-electron chi connectivity index (χ3n) is 3.72. The number of hydrogen-bond acceptors (Lipinski definition) is 5. The number of halogens is 1. The molecule has 0 atom stereocenters. The van der Waals surface area contributed by atoms with Gasteiger partial charge >= 0.3 is 0 Å². The summed E-state index contributed by atoms with van der Waals surface area (Å²) < 4.78 is 11.1. The van der Waals surface area contributed by atoms with Crippen LogP contribution >= 0.6 is 23.4 Å². The highest BCUT2D eigenvalue weighted by molar-refractivity contribution is 7.99. The number of nitrogens with zero attached hydrogens (tertiary/aromatic N) is 1. The average Bonchev–Trinajstić information content (AvgIpc) is 2.67. The van der Waals surface area contributed by atoms with E-state index in [4.69, 9.17) is 21.1 Å². The van der Waals surface area contributed by atoms with Gasteiger partial charge in [-0.1, -0.05) is 23.7 Å². The van der Waals surface area contributed by atoms with Gasteiger partial charge in [0.25, 0.3) is 0 Å². The molecule has 0 saturated heterocycles. The number of carbonyl (C=O) groups is 1. The molecule has 1 aliphatic heterocycles. The first-order valence-corrected chi connectivity index (χ1v) is 9.70. The second kappa shape index (κ2) is 8.96. The van der Waals surface area contributed by atoms with Crippen molar-refractivity contribution in [2.24, 2.45) is 5.10 Å². The van der Waals surface area contributed by atoms with Crippen molar-refractivity contribution in [2.75, 3.05) is 19.0 Å². The summed E-state index contributed by atoms with van der Waals surface area (Å²) in [5.41, 5.74) is 5.30. The Bertz CT molecular complexity index is 809. The fraction of sp³-hybridized carbons (Fsp3) is 0.263. The largest absolute Gasteiger partial charge is 0.486 e. The molecule has 5 nitrogen and oxygen atoms in total. The fourth-order valence-corrected chi connectivity index (χ4v) is 3.26. The van der Waals surface area contributed by atoms with Crippen LogP contribution in [0.15, 0.2) is 47.6 Å². The molecule has 2 aromatic carbocycles. The molecule has 0 aromatic heterocycles. The van der Waals surface area contributed by atoms with E-state index in [1.807, 2.05) is 49.4 Å². The molecule has 26 heavy (non-hydrogen) atoms. The molecule has 0 fully saturated rings. The highest BCUT2D eigenvalue weighted by Gasteiger charge is 2.12. The molecule has 1 amide bonds. The smallest absolute Gasteiger partial charge is 0.250 e. The zero-order valence-electron chi connectivity index (χ0n) is 14.3. The number of hydrazone groups is 1. The normalized spacial score (nSPS) is 13.4. The van der Waals surface area contributed by atoms with E-state index in [0.717, 1.165) is 22.6 Å². The summed E-state index contributed by atoms with van der Waals surface area (Å²) in [4.78, 5) is 12.0. The third kappa shape index (κ3) is 5.16. The summed E-state index contributed by atoms with van der Waals surface area (Å²) in [6, 6.07) is 13.2. The van der Waals surface area contributed by atoms with Crippen molar-refractivity contribution in [2.45, 2.75) is 12.7 Å². The highest BCUT2D eigenvalue weighted by atomic mass is 35.5. The minimum atomic E-state index is -0.138. The van der Waals surface area contributed by atoms with E-state index in [0.29, 0.717) is 35.5 Å². The van der Waals surface area contributed by atoms with E-state index in [2.05, 4.69) is 10.5 Å².